The lowest BCUT2D eigenvalue weighted by Crippen LogP contribution is -2.37. The van der Waals surface area contributed by atoms with Crippen molar-refractivity contribution in [1.29, 1.82) is 0 Å². The van der Waals surface area contributed by atoms with Crippen LogP contribution in [0, 0.1) is 0 Å². The van der Waals surface area contributed by atoms with E-state index in [1.54, 1.807) is 6.20 Å². The first kappa shape index (κ1) is 18.1. The molecule has 2 atom stereocenters. The maximum Gasteiger partial charge on any atom is 0.159 e. The van der Waals surface area contributed by atoms with Crippen LogP contribution in [0.3, 0.4) is 0 Å². The molecular weight excluding hydrogens is 324 g/mol. The fourth-order valence-corrected chi connectivity index (χ4v) is 3.24. The number of aromatic amines is 1. The number of nitrogens with zero attached hydrogens (tertiary/aromatic N) is 2. The summed E-state index contributed by atoms with van der Waals surface area (Å²) in [5.74, 6) is 0. The van der Waals surface area contributed by atoms with Gasteiger partial charge in [-0.15, -0.1) is 0 Å². The fraction of sp³-hybridized carbons (Fsp3) is 0.333. The molecule has 0 aliphatic carbocycles. The van der Waals surface area contributed by atoms with Gasteiger partial charge in [-0.05, 0) is 31.1 Å². The Balaban J connectivity index is 0.000000948. The Kier molecular flexibility index (Phi) is 5.38. The molecule has 5 heteroatoms. The first-order chi connectivity index (χ1) is 12.7. The molecule has 0 saturated carbocycles. The standard InChI is InChI=1S/C19H20N4O.C2H6/c1-3-18(24)17-6-11(2)14(9-22-17)16-7-12-8-23-19-13(4-5-20-19)15(12)10-21-16;1-2/h4-10,17-18,21-22,24H,3H2,1-2H3;1-2H3. The average Bonchev–Trinajstić information content (AvgIpc) is 3.17. The second-order valence-electron chi connectivity index (χ2n) is 6.23. The largest absolute Gasteiger partial charge is 0.391 e. The number of aromatic nitrogens is 3. The highest BCUT2D eigenvalue weighted by atomic mass is 16.3. The van der Waals surface area contributed by atoms with E-state index in [0.29, 0.717) is 0 Å². The van der Waals surface area contributed by atoms with Crippen molar-refractivity contribution in [2.45, 2.75) is 46.3 Å². The van der Waals surface area contributed by atoms with Crippen molar-refractivity contribution in [3.05, 3.63) is 54.3 Å². The van der Waals surface area contributed by atoms with Crippen LogP contribution in [0.2, 0.25) is 0 Å². The summed E-state index contributed by atoms with van der Waals surface area (Å²) in [6.45, 7) is 8.06. The van der Waals surface area contributed by atoms with Crippen LogP contribution < -0.4 is 5.32 Å². The molecule has 3 aromatic rings. The van der Waals surface area contributed by atoms with Gasteiger partial charge in [0.05, 0.1) is 12.1 Å². The van der Waals surface area contributed by atoms with Crippen LogP contribution >= 0.6 is 0 Å². The average molecular weight is 350 g/mol. The topological polar surface area (TPSA) is 73.8 Å². The molecule has 0 amide bonds. The van der Waals surface area contributed by atoms with Crippen molar-refractivity contribution < 1.29 is 5.11 Å². The van der Waals surface area contributed by atoms with Gasteiger partial charge in [-0.3, -0.25) is 0 Å². The number of fused-ring (bicyclic) bond motifs is 3. The van der Waals surface area contributed by atoms with E-state index < -0.39 is 0 Å². The number of dihydropyridines is 1. The summed E-state index contributed by atoms with van der Waals surface area (Å²) < 4.78 is 0. The Bertz CT molecular complexity index is 970. The second-order valence-corrected chi connectivity index (χ2v) is 6.23. The summed E-state index contributed by atoms with van der Waals surface area (Å²) in [4.78, 5) is 12.0. The quantitative estimate of drug-likeness (QED) is 0.663. The zero-order valence-electron chi connectivity index (χ0n) is 15.7. The summed E-state index contributed by atoms with van der Waals surface area (Å²) in [6, 6.07) is 4.06. The third kappa shape index (κ3) is 3.22. The minimum atomic E-state index is -0.374. The van der Waals surface area contributed by atoms with E-state index in [4.69, 9.17) is 0 Å². The predicted molar refractivity (Wildman–Crippen MR) is 108 cm³/mol. The highest BCUT2D eigenvalue weighted by molar-refractivity contribution is 6.04. The maximum absolute atomic E-state index is 10.0. The fourth-order valence-electron chi connectivity index (χ4n) is 3.24. The Morgan fingerprint density at radius 3 is 2.77 bits per heavy atom. The Hall–Kier alpha value is -2.66. The lowest BCUT2D eigenvalue weighted by atomic mass is 9.95. The summed E-state index contributed by atoms with van der Waals surface area (Å²) in [5, 5.41) is 16.6. The van der Waals surface area contributed by atoms with Gasteiger partial charge in [0, 0.05) is 52.2 Å². The Labute approximate surface area is 153 Å². The number of pyridine rings is 2. The Morgan fingerprint density at radius 2 is 2.04 bits per heavy atom. The SMILES string of the molecule is CC.CCC(O)C1C=C(C)C(c2cc3cnc4nccc4c3c[nH]2)=CN1. The van der Waals surface area contributed by atoms with Crippen LogP contribution in [0.1, 0.15) is 39.8 Å². The van der Waals surface area contributed by atoms with E-state index in [2.05, 4.69) is 39.3 Å². The summed E-state index contributed by atoms with van der Waals surface area (Å²) in [7, 11) is 0. The number of H-pyrrole nitrogens is 1. The van der Waals surface area contributed by atoms with E-state index in [-0.39, 0.29) is 12.1 Å². The van der Waals surface area contributed by atoms with Crippen molar-refractivity contribution in [3.8, 4) is 0 Å². The van der Waals surface area contributed by atoms with Crippen molar-refractivity contribution in [2.75, 3.05) is 0 Å². The van der Waals surface area contributed by atoms with E-state index in [0.717, 1.165) is 45.1 Å². The lowest BCUT2D eigenvalue weighted by molar-refractivity contribution is 0.146. The molecule has 3 N–H and O–H groups in total. The minimum Gasteiger partial charge on any atom is -0.391 e. The number of aliphatic hydroxyl groups excluding tert-OH is 1. The summed E-state index contributed by atoms with van der Waals surface area (Å²) in [6.07, 6.45) is 10.1. The molecule has 4 heterocycles. The van der Waals surface area contributed by atoms with Gasteiger partial charge in [0.15, 0.2) is 5.65 Å². The van der Waals surface area contributed by atoms with E-state index >= 15 is 0 Å². The van der Waals surface area contributed by atoms with Crippen molar-refractivity contribution >= 4 is 27.4 Å². The molecule has 0 bridgehead atoms. The Morgan fingerprint density at radius 1 is 1.23 bits per heavy atom. The van der Waals surface area contributed by atoms with E-state index in [1.165, 1.54) is 0 Å². The van der Waals surface area contributed by atoms with Crippen molar-refractivity contribution in [1.82, 2.24) is 20.3 Å². The minimum absolute atomic E-state index is 0.0316. The van der Waals surface area contributed by atoms with Gasteiger partial charge in [0.2, 0.25) is 0 Å². The molecule has 0 aromatic carbocycles. The molecule has 5 nitrogen and oxygen atoms in total. The molecule has 0 fully saturated rings. The molecule has 0 spiro atoms. The lowest BCUT2D eigenvalue weighted by Gasteiger charge is -2.25. The number of rotatable bonds is 3. The predicted octanol–water partition coefficient (Wildman–Crippen LogP) is 4.17. The van der Waals surface area contributed by atoms with Gasteiger partial charge in [-0.2, -0.15) is 0 Å². The van der Waals surface area contributed by atoms with Gasteiger partial charge < -0.3 is 15.4 Å². The normalized spacial score (nSPS) is 17.8. The molecule has 2 unspecified atom stereocenters. The molecule has 1 aliphatic rings. The highest BCUT2D eigenvalue weighted by Crippen LogP contribution is 2.29. The third-order valence-corrected chi connectivity index (χ3v) is 4.68. The molecule has 3 aromatic heterocycles. The number of allylic oxidation sites excluding steroid dienone is 2. The summed E-state index contributed by atoms with van der Waals surface area (Å²) >= 11 is 0. The number of hydrogen-bond donors (Lipinski definition) is 3. The van der Waals surface area contributed by atoms with E-state index in [9.17, 15) is 5.11 Å². The van der Waals surface area contributed by atoms with Gasteiger partial charge in [-0.25, -0.2) is 9.97 Å². The van der Waals surface area contributed by atoms with Gasteiger partial charge >= 0.3 is 0 Å². The smallest absolute Gasteiger partial charge is 0.159 e. The molecule has 136 valence electrons. The zero-order chi connectivity index (χ0) is 18.7. The number of aliphatic hydroxyl groups is 1. The van der Waals surface area contributed by atoms with Crippen LogP contribution in [0.25, 0.3) is 27.4 Å². The van der Waals surface area contributed by atoms with Crippen molar-refractivity contribution in [2.24, 2.45) is 0 Å². The van der Waals surface area contributed by atoms with E-state index in [1.807, 2.05) is 45.4 Å². The van der Waals surface area contributed by atoms with Crippen LogP contribution in [0.4, 0.5) is 0 Å². The maximum atomic E-state index is 10.0. The second kappa shape index (κ2) is 7.70. The van der Waals surface area contributed by atoms with Crippen molar-refractivity contribution in [3.63, 3.8) is 0 Å². The first-order valence-corrected chi connectivity index (χ1v) is 9.22. The molecular formula is C21H26N4O. The molecule has 0 radical (unpaired) electrons. The van der Waals surface area contributed by atoms with Crippen LogP contribution in [0.15, 0.2) is 48.6 Å². The molecule has 0 saturated heterocycles. The van der Waals surface area contributed by atoms with Gasteiger partial charge in [0.1, 0.15) is 0 Å². The zero-order valence-corrected chi connectivity index (χ0v) is 15.7. The number of nitrogens with one attached hydrogen (secondary N) is 2. The number of hydrogen-bond acceptors (Lipinski definition) is 4. The highest BCUT2D eigenvalue weighted by Gasteiger charge is 2.19. The third-order valence-electron chi connectivity index (χ3n) is 4.68. The first-order valence-electron chi connectivity index (χ1n) is 9.22. The van der Waals surface area contributed by atoms with Crippen LogP contribution in [0.5, 0.6) is 0 Å². The molecule has 26 heavy (non-hydrogen) atoms. The van der Waals surface area contributed by atoms with Crippen LogP contribution in [-0.2, 0) is 0 Å². The van der Waals surface area contributed by atoms with Gasteiger partial charge in [-0.1, -0.05) is 26.8 Å². The molecule has 1 aliphatic heterocycles. The summed E-state index contributed by atoms with van der Waals surface area (Å²) in [5.41, 5.74) is 4.03. The molecule has 4 rings (SSSR count). The van der Waals surface area contributed by atoms with Crippen LogP contribution in [-0.4, -0.2) is 32.2 Å². The monoisotopic (exact) mass is 350 g/mol. The van der Waals surface area contributed by atoms with Gasteiger partial charge in [0.25, 0.3) is 0 Å².